The predicted octanol–water partition coefficient (Wildman–Crippen LogP) is 3.75. The van der Waals surface area contributed by atoms with E-state index in [2.05, 4.69) is 16.7 Å². The van der Waals surface area contributed by atoms with Crippen LogP contribution < -0.4 is 15.4 Å². The summed E-state index contributed by atoms with van der Waals surface area (Å²) in [5.41, 5.74) is 3.97. The number of amides is 1. The van der Waals surface area contributed by atoms with Crippen LogP contribution in [0.1, 0.15) is 18.1 Å². The number of rotatable bonds is 5. The van der Waals surface area contributed by atoms with Crippen LogP contribution in [-0.4, -0.2) is 19.1 Å². The summed E-state index contributed by atoms with van der Waals surface area (Å²) in [6.45, 7) is 5.86. The quantitative estimate of drug-likeness (QED) is 0.884. The van der Waals surface area contributed by atoms with Crippen LogP contribution >= 0.6 is 0 Å². The van der Waals surface area contributed by atoms with E-state index >= 15 is 0 Å². The normalized spacial score (nSPS) is 11.6. The summed E-state index contributed by atoms with van der Waals surface area (Å²) in [6.07, 6.45) is 0. The van der Waals surface area contributed by atoms with Gasteiger partial charge in [-0.1, -0.05) is 17.7 Å². The van der Waals surface area contributed by atoms with Crippen molar-refractivity contribution in [1.29, 1.82) is 0 Å². The molecule has 4 nitrogen and oxygen atoms in total. The molecule has 0 radical (unpaired) electrons. The largest absolute Gasteiger partial charge is 0.497 e. The first kappa shape index (κ1) is 15.9. The van der Waals surface area contributed by atoms with Gasteiger partial charge in [0.1, 0.15) is 11.8 Å². The van der Waals surface area contributed by atoms with Crippen molar-refractivity contribution in [2.24, 2.45) is 0 Å². The molecule has 0 bridgehead atoms. The molecule has 0 aliphatic heterocycles. The molecule has 0 heterocycles. The molecular formula is C18H22N2O2. The summed E-state index contributed by atoms with van der Waals surface area (Å²) in [6, 6.07) is 13.1. The zero-order valence-corrected chi connectivity index (χ0v) is 13.4. The monoisotopic (exact) mass is 298 g/mol. The summed E-state index contributed by atoms with van der Waals surface area (Å²) in [5, 5.41) is 6.13. The van der Waals surface area contributed by atoms with E-state index in [0.717, 1.165) is 22.7 Å². The standard InChI is InChI=1S/C18H22N2O2/c1-12-5-10-17(13(2)11-12)20-18(21)14(3)19-15-6-8-16(22-4)9-7-15/h5-11,14,19H,1-4H3,(H,20,21). The molecular weight excluding hydrogens is 276 g/mol. The lowest BCUT2D eigenvalue weighted by molar-refractivity contribution is -0.116. The van der Waals surface area contributed by atoms with Crippen LogP contribution in [0.25, 0.3) is 0 Å². The third-order valence-corrected chi connectivity index (χ3v) is 3.51. The lowest BCUT2D eigenvalue weighted by Gasteiger charge is -2.16. The maximum absolute atomic E-state index is 12.3. The highest BCUT2D eigenvalue weighted by Gasteiger charge is 2.13. The summed E-state index contributed by atoms with van der Waals surface area (Å²) in [7, 11) is 1.63. The maximum atomic E-state index is 12.3. The molecule has 0 saturated heterocycles. The smallest absolute Gasteiger partial charge is 0.246 e. The molecule has 0 spiro atoms. The molecule has 0 fully saturated rings. The number of carbonyl (C=O) groups is 1. The average Bonchev–Trinajstić information content (AvgIpc) is 2.50. The van der Waals surface area contributed by atoms with Gasteiger partial charge in [-0.25, -0.2) is 0 Å². The van der Waals surface area contributed by atoms with Crippen molar-refractivity contribution >= 4 is 17.3 Å². The Bertz CT molecular complexity index is 651. The second kappa shape index (κ2) is 6.98. The Morgan fingerprint density at radius 2 is 1.77 bits per heavy atom. The van der Waals surface area contributed by atoms with Crippen LogP contribution in [0, 0.1) is 13.8 Å². The van der Waals surface area contributed by atoms with E-state index < -0.39 is 0 Å². The van der Waals surface area contributed by atoms with Crippen molar-refractivity contribution in [2.75, 3.05) is 17.7 Å². The third kappa shape index (κ3) is 4.01. The summed E-state index contributed by atoms with van der Waals surface area (Å²) < 4.78 is 5.12. The lowest BCUT2D eigenvalue weighted by Crippen LogP contribution is -2.32. The van der Waals surface area contributed by atoms with E-state index in [4.69, 9.17) is 4.74 Å². The molecule has 2 N–H and O–H groups in total. The minimum atomic E-state index is -0.339. The number of hydrogen-bond acceptors (Lipinski definition) is 3. The number of carbonyl (C=O) groups excluding carboxylic acids is 1. The van der Waals surface area contributed by atoms with E-state index in [1.807, 2.05) is 57.2 Å². The highest BCUT2D eigenvalue weighted by molar-refractivity contribution is 5.96. The Labute approximate surface area is 131 Å². The van der Waals surface area contributed by atoms with E-state index in [1.54, 1.807) is 7.11 Å². The zero-order chi connectivity index (χ0) is 16.1. The Hall–Kier alpha value is -2.49. The molecule has 2 aromatic rings. The number of benzene rings is 2. The highest BCUT2D eigenvalue weighted by Crippen LogP contribution is 2.18. The molecule has 4 heteroatoms. The fourth-order valence-corrected chi connectivity index (χ4v) is 2.20. The Kier molecular flexibility index (Phi) is 5.04. The van der Waals surface area contributed by atoms with Crippen LogP contribution in [-0.2, 0) is 4.79 Å². The zero-order valence-electron chi connectivity index (χ0n) is 13.4. The van der Waals surface area contributed by atoms with E-state index in [0.29, 0.717) is 0 Å². The Morgan fingerprint density at radius 3 is 2.36 bits per heavy atom. The SMILES string of the molecule is COc1ccc(NC(C)C(=O)Nc2ccc(C)cc2C)cc1. The highest BCUT2D eigenvalue weighted by atomic mass is 16.5. The second-order valence-corrected chi connectivity index (χ2v) is 5.40. The van der Waals surface area contributed by atoms with Gasteiger partial charge in [0.25, 0.3) is 0 Å². The van der Waals surface area contributed by atoms with E-state index in [1.165, 1.54) is 5.56 Å². The molecule has 116 valence electrons. The minimum absolute atomic E-state index is 0.0669. The summed E-state index contributed by atoms with van der Waals surface area (Å²) >= 11 is 0. The van der Waals surface area contributed by atoms with Gasteiger partial charge in [0.15, 0.2) is 0 Å². The van der Waals surface area contributed by atoms with E-state index in [-0.39, 0.29) is 11.9 Å². The fraction of sp³-hybridized carbons (Fsp3) is 0.278. The molecule has 22 heavy (non-hydrogen) atoms. The second-order valence-electron chi connectivity index (χ2n) is 5.40. The fourth-order valence-electron chi connectivity index (χ4n) is 2.20. The number of methoxy groups -OCH3 is 1. The molecule has 0 aliphatic rings. The number of hydrogen-bond donors (Lipinski definition) is 2. The summed E-state index contributed by atoms with van der Waals surface area (Å²) in [5.74, 6) is 0.723. The van der Waals surface area contributed by atoms with Gasteiger partial charge in [-0.3, -0.25) is 4.79 Å². The average molecular weight is 298 g/mol. The number of aryl methyl sites for hydroxylation is 2. The molecule has 1 amide bonds. The predicted molar refractivity (Wildman–Crippen MR) is 90.6 cm³/mol. The molecule has 2 aromatic carbocycles. The molecule has 0 aromatic heterocycles. The van der Waals surface area contributed by atoms with Crippen LogP contribution in [0.2, 0.25) is 0 Å². The van der Waals surface area contributed by atoms with Gasteiger partial charge in [-0.05, 0) is 56.7 Å². The van der Waals surface area contributed by atoms with E-state index in [9.17, 15) is 4.79 Å². The first-order chi connectivity index (χ1) is 10.5. The van der Waals surface area contributed by atoms with Crippen molar-refractivity contribution in [1.82, 2.24) is 0 Å². The van der Waals surface area contributed by atoms with Crippen molar-refractivity contribution < 1.29 is 9.53 Å². The lowest BCUT2D eigenvalue weighted by atomic mass is 10.1. The number of nitrogens with one attached hydrogen (secondary N) is 2. The van der Waals surface area contributed by atoms with Gasteiger partial charge in [-0.15, -0.1) is 0 Å². The van der Waals surface area contributed by atoms with Gasteiger partial charge in [0.05, 0.1) is 7.11 Å². The van der Waals surface area contributed by atoms with Crippen molar-refractivity contribution in [3.8, 4) is 5.75 Å². The maximum Gasteiger partial charge on any atom is 0.246 e. The van der Waals surface area contributed by atoms with Crippen LogP contribution in [0.3, 0.4) is 0 Å². The molecule has 0 saturated carbocycles. The number of anilines is 2. The Morgan fingerprint density at radius 1 is 1.09 bits per heavy atom. The molecule has 0 aliphatic carbocycles. The Balaban J connectivity index is 1.99. The number of ether oxygens (including phenoxy) is 1. The third-order valence-electron chi connectivity index (χ3n) is 3.51. The molecule has 1 unspecified atom stereocenters. The van der Waals surface area contributed by atoms with Gasteiger partial charge in [0, 0.05) is 11.4 Å². The first-order valence-electron chi connectivity index (χ1n) is 7.28. The topological polar surface area (TPSA) is 50.4 Å². The van der Waals surface area contributed by atoms with Crippen molar-refractivity contribution in [3.05, 3.63) is 53.6 Å². The van der Waals surface area contributed by atoms with Crippen molar-refractivity contribution in [2.45, 2.75) is 26.8 Å². The van der Waals surface area contributed by atoms with Gasteiger partial charge >= 0.3 is 0 Å². The van der Waals surface area contributed by atoms with Gasteiger partial charge in [-0.2, -0.15) is 0 Å². The van der Waals surface area contributed by atoms with Crippen LogP contribution in [0.5, 0.6) is 5.75 Å². The molecule has 2 rings (SSSR count). The summed E-state index contributed by atoms with van der Waals surface area (Å²) in [4.78, 5) is 12.3. The van der Waals surface area contributed by atoms with Crippen molar-refractivity contribution in [3.63, 3.8) is 0 Å². The van der Waals surface area contributed by atoms with Gasteiger partial charge in [0.2, 0.25) is 5.91 Å². The van der Waals surface area contributed by atoms with Gasteiger partial charge < -0.3 is 15.4 Å². The molecule has 1 atom stereocenters. The van der Waals surface area contributed by atoms with Crippen LogP contribution in [0.4, 0.5) is 11.4 Å². The minimum Gasteiger partial charge on any atom is -0.497 e. The first-order valence-corrected chi connectivity index (χ1v) is 7.28. The van der Waals surface area contributed by atoms with Crippen LogP contribution in [0.15, 0.2) is 42.5 Å².